The minimum absolute atomic E-state index is 0. The maximum absolute atomic E-state index is 5.40. The van der Waals surface area contributed by atoms with Gasteiger partial charge in [0.25, 0.3) is 0 Å². The summed E-state index contributed by atoms with van der Waals surface area (Å²) in [5.74, 6) is 0.901. The van der Waals surface area contributed by atoms with Crippen molar-refractivity contribution in [2.24, 2.45) is 0 Å². The summed E-state index contributed by atoms with van der Waals surface area (Å²) < 4.78 is 7.51. The third-order valence-electron chi connectivity index (χ3n) is 3.06. The molecule has 0 saturated heterocycles. The van der Waals surface area contributed by atoms with Crippen LogP contribution in [0.3, 0.4) is 0 Å². The predicted octanol–water partition coefficient (Wildman–Crippen LogP) is 0.129. The molecule has 0 unspecified atom stereocenters. The summed E-state index contributed by atoms with van der Waals surface area (Å²) in [5.41, 5.74) is 1.14. The van der Waals surface area contributed by atoms with E-state index < -0.39 is 0 Å². The first-order valence-electron chi connectivity index (χ1n) is 5.92. The minimum atomic E-state index is 0. The topological polar surface area (TPSA) is 13.1 Å². The predicted molar refractivity (Wildman–Crippen MR) is 72.0 cm³/mol. The largest absolute Gasteiger partial charge is 1.00 e. The van der Waals surface area contributed by atoms with Crippen LogP contribution in [-0.4, -0.2) is 7.11 Å². The Hall–Kier alpha value is -1.87. The number of fused-ring (bicyclic) bond motifs is 1. The van der Waals surface area contributed by atoms with Crippen molar-refractivity contribution in [3.05, 3.63) is 67.0 Å². The number of hydrogen-bond acceptors (Lipinski definition) is 1. The second kappa shape index (κ2) is 5.85. The third kappa shape index (κ3) is 2.61. The monoisotopic (exact) mass is 315 g/mol. The van der Waals surface area contributed by atoms with Crippen LogP contribution in [0.4, 0.5) is 0 Å². The fraction of sp³-hybridized carbons (Fsp3) is 0.0625. The highest BCUT2D eigenvalue weighted by Gasteiger charge is 2.09. The van der Waals surface area contributed by atoms with E-state index in [-0.39, 0.29) is 17.0 Å². The Bertz CT molecular complexity index is 683. The van der Waals surface area contributed by atoms with E-state index in [9.17, 15) is 0 Å². The molecule has 3 heteroatoms. The summed E-state index contributed by atoms with van der Waals surface area (Å²) >= 11 is 0. The van der Waals surface area contributed by atoms with Gasteiger partial charge in [0.05, 0.1) is 12.5 Å². The van der Waals surface area contributed by atoms with Gasteiger partial charge in [0.15, 0.2) is 12.4 Å². The van der Waals surface area contributed by atoms with Gasteiger partial charge >= 0.3 is 0 Å². The Morgan fingerprint density at radius 2 is 1.68 bits per heavy atom. The number of hydrogen-bond donors (Lipinski definition) is 0. The van der Waals surface area contributed by atoms with Crippen molar-refractivity contribution in [1.29, 1.82) is 0 Å². The van der Waals surface area contributed by atoms with E-state index in [4.69, 9.17) is 4.74 Å². The number of pyridine rings is 1. The number of halogens is 1. The van der Waals surface area contributed by atoms with Crippen LogP contribution in [0, 0.1) is 0 Å². The van der Waals surface area contributed by atoms with E-state index in [0.717, 1.165) is 16.8 Å². The van der Waals surface area contributed by atoms with Crippen LogP contribution in [0.5, 0.6) is 5.75 Å². The van der Waals surface area contributed by atoms with Gasteiger partial charge in [0.1, 0.15) is 5.75 Å². The van der Waals surface area contributed by atoms with Gasteiger partial charge in [-0.3, -0.25) is 0 Å². The van der Waals surface area contributed by atoms with Crippen LogP contribution in [0.15, 0.2) is 67.0 Å². The normalized spacial score (nSPS) is 9.95. The Kier molecular flexibility index (Phi) is 4.17. The lowest BCUT2D eigenvalue weighted by Crippen LogP contribution is -3.00. The lowest BCUT2D eigenvalue weighted by atomic mass is 10.1. The first kappa shape index (κ1) is 13.6. The van der Waals surface area contributed by atoms with E-state index >= 15 is 0 Å². The Morgan fingerprint density at radius 3 is 2.42 bits per heavy atom. The first-order chi connectivity index (χ1) is 8.88. The number of benzene rings is 2. The molecule has 2 nitrogen and oxygen atoms in total. The summed E-state index contributed by atoms with van der Waals surface area (Å²) in [5, 5.41) is 2.30. The van der Waals surface area contributed by atoms with Gasteiger partial charge in [-0.25, -0.2) is 0 Å². The average molecular weight is 316 g/mol. The van der Waals surface area contributed by atoms with E-state index in [0.29, 0.717) is 0 Å². The molecule has 19 heavy (non-hydrogen) atoms. The molecule has 0 atom stereocenters. The fourth-order valence-corrected chi connectivity index (χ4v) is 2.13. The smallest absolute Gasteiger partial charge is 0.210 e. The van der Waals surface area contributed by atoms with Crippen LogP contribution in [0.25, 0.3) is 16.5 Å². The highest BCUT2D eigenvalue weighted by Crippen LogP contribution is 2.23. The van der Waals surface area contributed by atoms with Gasteiger partial charge in [0.2, 0.25) is 5.69 Å². The summed E-state index contributed by atoms with van der Waals surface area (Å²) in [4.78, 5) is 0. The maximum Gasteiger partial charge on any atom is 0.210 e. The molecule has 0 amide bonds. The maximum atomic E-state index is 5.40. The molecule has 0 aliphatic heterocycles. The third-order valence-corrected chi connectivity index (χ3v) is 3.06. The molecule has 0 aliphatic rings. The number of para-hydroxylation sites is 1. The molecular formula is C16H14BrNO. The van der Waals surface area contributed by atoms with Crippen LogP contribution in [0.1, 0.15) is 0 Å². The molecule has 0 fully saturated rings. The van der Waals surface area contributed by atoms with Crippen molar-refractivity contribution in [3.8, 4) is 11.4 Å². The van der Waals surface area contributed by atoms with Gasteiger partial charge in [-0.1, -0.05) is 30.3 Å². The number of nitrogens with zero attached hydrogens (tertiary/aromatic N) is 1. The molecule has 3 rings (SSSR count). The summed E-state index contributed by atoms with van der Waals surface area (Å²) in [7, 11) is 1.70. The Balaban J connectivity index is 0.00000133. The second-order valence-electron chi connectivity index (χ2n) is 4.15. The minimum Gasteiger partial charge on any atom is -1.00 e. The second-order valence-corrected chi connectivity index (χ2v) is 4.15. The number of rotatable bonds is 2. The van der Waals surface area contributed by atoms with Crippen LogP contribution in [0.2, 0.25) is 0 Å². The van der Waals surface area contributed by atoms with Gasteiger partial charge in [-0.2, -0.15) is 4.57 Å². The van der Waals surface area contributed by atoms with Gasteiger partial charge < -0.3 is 21.7 Å². The van der Waals surface area contributed by atoms with Crippen LogP contribution in [-0.2, 0) is 0 Å². The zero-order valence-corrected chi connectivity index (χ0v) is 12.2. The Morgan fingerprint density at radius 1 is 0.895 bits per heavy atom. The highest BCUT2D eigenvalue weighted by molar-refractivity contribution is 5.86. The van der Waals surface area contributed by atoms with E-state index in [1.807, 2.05) is 30.3 Å². The van der Waals surface area contributed by atoms with Crippen molar-refractivity contribution in [2.45, 2.75) is 0 Å². The molecule has 0 N–H and O–H groups in total. The molecular weight excluding hydrogens is 302 g/mol. The van der Waals surface area contributed by atoms with E-state index in [1.54, 1.807) is 7.11 Å². The van der Waals surface area contributed by atoms with Gasteiger partial charge in [-0.15, -0.1) is 0 Å². The zero-order valence-electron chi connectivity index (χ0n) is 10.6. The lowest BCUT2D eigenvalue weighted by Gasteiger charge is -2.03. The lowest BCUT2D eigenvalue weighted by molar-refractivity contribution is -0.594. The summed E-state index contributed by atoms with van der Waals surface area (Å²) in [6.45, 7) is 0. The molecule has 1 aromatic heterocycles. The number of methoxy groups -OCH3 is 1. The average Bonchev–Trinajstić information content (AvgIpc) is 2.47. The summed E-state index contributed by atoms with van der Waals surface area (Å²) in [6, 6.07) is 18.4. The zero-order chi connectivity index (χ0) is 12.4. The van der Waals surface area contributed by atoms with Crippen LogP contribution >= 0.6 is 0 Å². The van der Waals surface area contributed by atoms with Crippen molar-refractivity contribution in [1.82, 2.24) is 0 Å². The molecule has 3 aromatic rings. The highest BCUT2D eigenvalue weighted by atomic mass is 79.9. The van der Waals surface area contributed by atoms with Crippen molar-refractivity contribution >= 4 is 10.8 Å². The first-order valence-corrected chi connectivity index (χ1v) is 5.92. The molecule has 96 valence electrons. The SMILES string of the molecule is COc1cccc2cc[n+](-c3ccccc3)cc12.[Br-]. The molecule has 1 heterocycles. The molecule has 0 spiro atoms. The summed E-state index contributed by atoms with van der Waals surface area (Å²) in [6.07, 6.45) is 4.17. The van der Waals surface area contributed by atoms with Crippen molar-refractivity contribution in [2.75, 3.05) is 7.11 Å². The van der Waals surface area contributed by atoms with Crippen molar-refractivity contribution in [3.63, 3.8) is 0 Å². The van der Waals surface area contributed by atoms with E-state index in [1.165, 1.54) is 5.39 Å². The molecule has 0 bridgehead atoms. The van der Waals surface area contributed by atoms with Gasteiger partial charge in [-0.05, 0) is 11.5 Å². The van der Waals surface area contributed by atoms with Gasteiger partial charge in [0, 0.05) is 18.2 Å². The molecule has 2 aromatic carbocycles. The van der Waals surface area contributed by atoms with Crippen molar-refractivity contribution < 1.29 is 26.3 Å². The number of aromatic nitrogens is 1. The quantitative estimate of drug-likeness (QED) is 0.613. The standard InChI is InChI=1S/C16H14NO.BrH/c1-18-16-9-5-6-13-10-11-17(12-15(13)16)14-7-3-2-4-8-14;/h2-12H,1H3;1H/q+1;/p-1. The Labute approximate surface area is 123 Å². The fourth-order valence-electron chi connectivity index (χ4n) is 2.13. The molecule has 0 saturated carbocycles. The molecule has 0 aliphatic carbocycles. The van der Waals surface area contributed by atoms with Crippen LogP contribution < -0.4 is 26.3 Å². The molecule has 0 radical (unpaired) electrons. The van der Waals surface area contributed by atoms with E-state index in [2.05, 4.69) is 41.2 Å². The number of ether oxygens (including phenoxy) is 1.